The van der Waals surface area contributed by atoms with Crippen molar-refractivity contribution in [1.82, 2.24) is 0 Å². The second kappa shape index (κ2) is 4.93. The molecule has 0 aliphatic carbocycles. The van der Waals surface area contributed by atoms with Crippen LogP contribution in [-0.4, -0.2) is 13.0 Å². The molecule has 0 saturated heterocycles. The Labute approximate surface area is 90.0 Å². The summed E-state index contributed by atoms with van der Waals surface area (Å²) in [5.41, 5.74) is 3.23. The van der Waals surface area contributed by atoms with Crippen molar-refractivity contribution in [3.05, 3.63) is 28.8 Å². The minimum absolute atomic E-state index is 0.366. The van der Waals surface area contributed by atoms with Gasteiger partial charge in [0.15, 0.2) is 0 Å². The zero-order valence-corrected chi connectivity index (χ0v) is 9.40. The first-order valence-electron chi connectivity index (χ1n) is 4.39. The van der Waals surface area contributed by atoms with Crippen LogP contribution in [0.2, 0.25) is 0 Å². The van der Waals surface area contributed by atoms with Crippen molar-refractivity contribution < 1.29 is 4.74 Å². The lowest BCUT2D eigenvalue weighted by Crippen LogP contribution is -1.91. The lowest BCUT2D eigenvalue weighted by atomic mass is 10.1. The van der Waals surface area contributed by atoms with Crippen LogP contribution in [0.15, 0.2) is 12.1 Å². The number of halogens is 1. The first-order chi connectivity index (χ1) is 6.69. The maximum absolute atomic E-state index is 5.50. The van der Waals surface area contributed by atoms with Gasteiger partial charge in [-0.2, -0.15) is 0 Å². The van der Waals surface area contributed by atoms with Gasteiger partial charge < -0.3 is 4.74 Å². The first kappa shape index (κ1) is 10.9. The van der Waals surface area contributed by atoms with Gasteiger partial charge in [-0.25, -0.2) is 0 Å². The van der Waals surface area contributed by atoms with Gasteiger partial charge in [-0.15, -0.1) is 11.6 Å². The normalized spacial score (nSPS) is 9.14. The lowest BCUT2D eigenvalue weighted by Gasteiger charge is -2.07. The van der Waals surface area contributed by atoms with Crippen LogP contribution in [0, 0.1) is 25.7 Å². The molecule has 0 fully saturated rings. The topological polar surface area (TPSA) is 9.23 Å². The van der Waals surface area contributed by atoms with Crippen molar-refractivity contribution in [1.29, 1.82) is 0 Å². The fourth-order valence-electron chi connectivity index (χ4n) is 1.27. The lowest BCUT2D eigenvalue weighted by molar-refractivity contribution is 0.411. The van der Waals surface area contributed by atoms with Crippen molar-refractivity contribution in [2.75, 3.05) is 13.0 Å². The number of benzene rings is 1. The zero-order valence-electron chi connectivity index (χ0n) is 8.65. The molecular weight excluding hydrogens is 196 g/mol. The van der Waals surface area contributed by atoms with Gasteiger partial charge in [-0.3, -0.25) is 0 Å². The van der Waals surface area contributed by atoms with E-state index in [2.05, 4.69) is 11.8 Å². The third-order valence-corrected chi connectivity index (χ3v) is 2.17. The van der Waals surface area contributed by atoms with Crippen LogP contribution >= 0.6 is 11.6 Å². The van der Waals surface area contributed by atoms with Crippen LogP contribution in [0.25, 0.3) is 0 Å². The fraction of sp³-hybridized carbons (Fsp3) is 0.333. The molecular formula is C12H13ClO. The highest BCUT2D eigenvalue weighted by Crippen LogP contribution is 2.21. The van der Waals surface area contributed by atoms with E-state index in [1.165, 1.54) is 0 Å². The summed E-state index contributed by atoms with van der Waals surface area (Å²) in [6.45, 7) is 4.02. The van der Waals surface area contributed by atoms with E-state index in [9.17, 15) is 0 Å². The van der Waals surface area contributed by atoms with E-state index in [1.54, 1.807) is 7.11 Å². The van der Waals surface area contributed by atoms with Crippen LogP contribution in [0.4, 0.5) is 0 Å². The summed E-state index contributed by atoms with van der Waals surface area (Å²) in [6.07, 6.45) is 0. The Morgan fingerprint density at radius 2 is 2.00 bits per heavy atom. The average Bonchev–Trinajstić information content (AvgIpc) is 2.18. The van der Waals surface area contributed by atoms with E-state index in [4.69, 9.17) is 16.3 Å². The number of hydrogen-bond donors (Lipinski definition) is 0. The summed E-state index contributed by atoms with van der Waals surface area (Å²) in [7, 11) is 1.67. The summed E-state index contributed by atoms with van der Waals surface area (Å²) in [5.74, 6) is 7.13. The predicted molar refractivity (Wildman–Crippen MR) is 60.1 cm³/mol. The Morgan fingerprint density at radius 3 is 2.57 bits per heavy atom. The Morgan fingerprint density at radius 1 is 1.29 bits per heavy atom. The molecule has 2 heteroatoms. The molecule has 0 radical (unpaired) electrons. The molecule has 0 amide bonds. The Bertz CT molecular complexity index is 385. The van der Waals surface area contributed by atoms with E-state index in [1.807, 2.05) is 26.0 Å². The van der Waals surface area contributed by atoms with Gasteiger partial charge in [0.25, 0.3) is 0 Å². The Kier molecular flexibility index (Phi) is 3.85. The summed E-state index contributed by atoms with van der Waals surface area (Å²) < 4.78 is 5.21. The Hall–Kier alpha value is -1.13. The number of alkyl halides is 1. The number of aryl methyl sites for hydroxylation is 2. The van der Waals surface area contributed by atoms with Gasteiger partial charge in [-0.1, -0.05) is 11.8 Å². The van der Waals surface area contributed by atoms with E-state index in [-0.39, 0.29) is 0 Å². The Balaban J connectivity index is 3.15. The predicted octanol–water partition coefficient (Wildman–Crippen LogP) is 2.90. The number of rotatable bonds is 1. The molecule has 0 aromatic heterocycles. The molecule has 0 heterocycles. The molecule has 0 atom stereocenters. The van der Waals surface area contributed by atoms with Crippen LogP contribution < -0.4 is 4.74 Å². The van der Waals surface area contributed by atoms with Crippen LogP contribution in [-0.2, 0) is 0 Å². The van der Waals surface area contributed by atoms with Gasteiger partial charge >= 0.3 is 0 Å². The average molecular weight is 209 g/mol. The minimum atomic E-state index is 0.366. The number of methoxy groups -OCH3 is 1. The van der Waals surface area contributed by atoms with Gasteiger partial charge in [-0.05, 0) is 37.1 Å². The third-order valence-electron chi connectivity index (χ3n) is 2.03. The number of hydrogen-bond acceptors (Lipinski definition) is 1. The third kappa shape index (κ3) is 2.43. The van der Waals surface area contributed by atoms with Crippen LogP contribution in [0.1, 0.15) is 16.7 Å². The molecule has 1 nitrogen and oxygen atoms in total. The summed E-state index contributed by atoms with van der Waals surface area (Å²) in [6, 6.07) is 4.02. The minimum Gasteiger partial charge on any atom is -0.496 e. The molecule has 0 spiro atoms. The van der Waals surface area contributed by atoms with Gasteiger partial charge in [0.1, 0.15) is 5.75 Å². The molecule has 0 aliphatic rings. The molecule has 1 rings (SSSR count). The number of ether oxygens (including phenoxy) is 1. The molecule has 14 heavy (non-hydrogen) atoms. The SMILES string of the molecule is COc1cc(C)c(C#CCCl)cc1C. The molecule has 1 aromatic rings. The van der Waals surface area contributed by atoms with Crippen molar-refractivity contribution in [3.63, 3.8) is 0 Å². The molecule has 74 valence electrons. The van der Waals surface area contributed by atoms with E-state index in [0.29, 0.717) is 5.88 Å². The smallest absolute Gasteiger partial charge is 0.122 e. The molecule has 0 bridgehead atoms. The van der Waals surface area contributed by atoms with Gasteiger partial charge in [0.05, 0.1) is 13.0 Å². The molecule has 0 N–H and O–H groups in total. The van der Waals surface area contributed by atoms with Gasteiger partial charge in [0, 0.05) is 5.56 Å². The van der Waals surface area contributed by atoms with Crippen LogP contribution in [0.3, 0.4) is 0 Å². The summed E-state index contributed by atoms with van der Waals surface area (Å²) >= 11 is 5.50. The van der Waals surface area contributed by atoms with Crippen molar-refractivity contribution >= 4 is 11.6 Å². The second-order valence-electron chi connectivity index (χ2n) is 3.07. The summed E-state index contributed by atoms with van der Waals surface area (Å²) in [4.78, 5) is 0. The quantitative estimate of drug-likeness (QED) is 0.510. The fourth-order valence-corrected chi connectivity index (χ4v) is 1.34. The highest BCUT2D eigenvalue weighted by Gasteiger charge is 2.02. The van der Waals surface area contributed by atoms with Crippen molar-refractivity contribution in [2.45, 2.75) is 13.8 Å². The monoisotopic (exact) mass is 208 g/mol. The highest BCUT2D eigenvalue weighted by molar-refractivity contribution is 6.19. The molecule has 0 unspecified atom stereocenters. The molecule has 1 aromatic carbocycles. The summed E-state index contributed by atoms with van der Waals surface area (Å²) in [5, 5.41) is 0. The highest BCUT2D eigenvalue weighted by atomic mass is 35.5. The van der Waals surface area contributed by atoms with Crippen molar-refractivity contribution in [3.8, 4) is 17.6 Å². The zero-order chi connectivity index (χ0) is 10.6. The maximum Gasteiger partial charge on any atom is 0.122 e. The van der Waals surface area contributed by atoms with Crippen LogP contribution in [0.5, 0.6) is 5.75 Å². The standard InChI is InChI=1S/C12H13ClO/c1-9-8-12(14-3)10(2)7-11(9)5-4-6-13/h7-8H,6H2,1-3H3. The largest absolute Gasteiger partial charge is 0.496 e. The van der Waals surface area contributed by atoms with E-state index in [0.717, 1.165) is 22.4 Å². The molecule has 0 saturated carbocycles. The van der Waals surface area contributed by atoms with Crippen molar-refractivity contribution in [2.24, 2.45) is 0 Å². The van der Waals surface area contributed by atoms with E-state index < -0.39 is 0 Å². The van der Waals surface area contributed by atoms with Gasteiger partial charge in [0.2, 0.25) is 0 Å². The first-order valence-corrected chi connectivity index (χ1v) is 4.92. The van der Waals surface area contributed by atoms with E-state index >= 15 is 0 Å². The second-order valence-corrected chi connectivity index (χ2v) is 3.34. The maximum atomic E-state index is 5.50. The molecule has 0 aliphatic heterocycles.